The predicted octanol–water partition coefficient (Wildman–Crippen LogP) is 1.87. The lowest BCUT2D eigenvalue weighted by atomic mass is 9.70. The number of fused-ring (bicyclic) bond motifs is 2. The monoisotopic (exact) mass is 408 g/mol. The number of thioether (sulfide) groups is 1. The highest BCUT2D eigenvalue weighted by Gasteiger charge is 2.64. The van der Waals surface area contributed by atoms with E-state index in [2.05, 4.69) is 0 Å². The maximum Gasteiger partial charge on any atom is 0.178 e. The van der Waals surface area contributed by atoms with Gasteiger partial charge in [-0.25, -0.2) is 8.42 Å². The van der Waals surface area contributed by atoms with Crippen LogP contribution in [0, 0.1) is 16.7 Å². The van der Waals surface area contributed by atoms with Gasteiger partial charge < -0.3 is 4.55 Å². The smallest absolute Gasteiger partial charge is 0.178 e. The molecule has 3 fully saturated rings. The van der Waals surface area contributed by atoms with Crippen molar-refractivity contribution in [1.29, 1.82) is 0 Å². The number of hydrogen-bond donors (Lipinski definition) is 0. The van der Waals surface area contributed by atoms with Crippen LogP contribution in [-0.4, -0.2) is 59.1 Å². The van der Waals surface area contributed by atoms with Gasteiger partial charge in [-0.1, -0.05) is 13.8 Å². The fourth-order valence-corrected chi connectivity index (χ4v) is 9.78. The Morgan fingerprint density at radius 2 is 1.92 bits per heavy atom. The lowest BCUT2D eigenvalue weighted by Gasteiger charge is -2.37. The fourth-order valence-electron chi connectivity index (χ4n) is 4.40. The minimum Gasteiger partial charge on any atom is -0.748 e. The van der Waals surface area contributed by atoms with Crippen LogP contribution in [0.25, 0.3) is 0 Å². The molecule has 0 aromatic carbocycles. The van der Waals surface area contributed by atoms with Gasteiger partial charge in [-0.15, -0.1) is 0 Å². The van der Waals surface area contributed by atoms with E-state index in [0.717, 1.165) is 12.2 Å². The molecule has 2 bridgehead atoms. The second-order valence-electron chi connectivity index (χ2n) is 7.85. The summed E-state index contributed by atoms with van der Waals surface area (Å²) < 4.78 is 32.7. The zero-order valence-electron chi connectivity index (χ0n) is 15.2. The molecule has 5 nitrogen and oxygen atoms in total. The van der Waals surface area contributed by atoms with Crippen molar-refractivity contribution < 1.29 is 22.6 Å². The Hall–Kier alpha value is -0.0500. The Morgan fingerprint density at radius 3 is 2.32 bits per heavy atom. The molecular formula is C17H28O5S3. The summed E-state index contributed by atoms with van der Waals surface area (Å²) in [4.78, 5) is 22.6. The van der Waals surface area contributed by atoms with Gasteiger partial charge in [-0.05, 0) is 42.0 Å². The van der Waals surface area contributed by atoms with E-state index in [9.17, 15) is 22.6 Å². The minimum absolute atomic E-state index is 0.0248. The molecule has 0 N–H and O–H groups in total. The molecule has 1 heterocycles. The van der Waals surface area contributed by atoms with Crippen LogP contribution in [0.3, 0.4) is 0 Å². The average molecular weight is 409 g/mol. The summed E-state index contributed by atoms with van der Waals surface area (Å²) in [5.74, 6) is 6.05. The molecule has 0 aromatic rings. The van der Waals surface area contributed by atoms with Gasteiger partial charge in [0.15, 0.2) is 11.5 Å². The quantitative estimate of drug-likeness (QED) is 0.521. The van der Waals surface area contributed by atoms with Crippen LogP contribution in [0.5, 0.6) is 0 Å². The Labute approximate surface area is 158 Å². The zero-order valence-corrected chi connectivity index (χ0v) is 17.7. The van der Waals surface area contributed by atoms with Gasteiger partial charge in [-0.3, -0.25) is 9.59 Å². The van der Waals surface area contributed by atoms with Crippen molar-refractivity contribution in [3.05, 3.63) is 0 Å². The number of carbonyl (C=O) groups is 2. The molecule has 144 valence electrons. The van der Waals surface area contributed by atoms with Crippen LogP contribution < -0.4 is 0 Å². The molecule has 0 amide bonds. The normalized spacial score (nSPS) is 31.5. The summed E-state index contributed by atoms with van der Waals surface area (Å²) in [5, 5.41) is 0. The van der Waals surface area contributed by atoms with Gasteiger partial charge in [0.05, 0.1) is 15.9 Å². The van der Waals surface area contributed by atoms with E-state index in [-0.39, 0.29) is 17.1 Å². The molecule has 1 aliphatic heterocycles. The van der Waals surface area contributed by atoms with Crippen LogP contribution in [0.15, 0.2) is 0 Å². The molecule has 0 aromatic heterocycles. The molecule has 2 atom stereocenters. The third kappa shape index (κ3) is 4.82. The molecule has 8 heteroatoms. The first kappa shape index (κ1) is 21.3. The maximum atomic E-state index is 11.8. The van der Waals surface area contributed by atoms with Crippen LogP contribution in [0.1, 0.15) is 40.0 Å². The highest BCUT2D eigenvalue weighted by molar-refractivity contribution is 8.05. The number of Topliss-reactive ketones (excluding diaryl/α,β-unsaturated/α-hetero) is 2. The average Bonchev–Trinajstić information content (AvgIpc) is 2.80. The Balaban J connectivity index is 0.000000196. The second-order valence-corrected chi connectivity index (χ2v) is 12.8. The Bertz CT molecular complexity index is 622. The topological polar surface area (TPSA) is 91.3 Å². The van der Waals surface area contributed by atoms with Crippen LogP contribution in [0.2, 0.25) is 0 Å². The van der Waals surface area contributed by atoms with E-state index < -0.39 is 21.3 Å². The first-order chi connectivity index (χ1) is 11.5. The molecule has 2 unspecified atom stereocenters. The van der Waals surface area contributed by atoms with Crippen molar-refractivity contribution in [3.8, 4) is 0 Å². The lowest BCUT2D eigenvalue weighted by molar-refractivity contribution is -0.128. The van der Waals surface area contributed by atoms with Gasteiger partial charge in [0.1, 0.15) is 17.3 Å². The summed E-state index contributed by atoms with van der Waals surface area (Å²) >= 11 is 2.02. The van der Waals surface area contributed by atoms with Crippen molar-refractivity contribution >= 4 is 44.3 Å². The van der Waals surface area contributed by atoms with Crippen molar-refractivity contribution in [3.63, 3.8) is 0 Å². The van der Waals surface area contributed by atoms with Gasteiger partial charge in [0.2, 0.25) is 0 Å². The summed E-state index contributed by atoms with van der Waals surface area (Å²) in [5.41, 5.74) is -1.22. The molecule has 3 aliphatic rings. The van der Waals surface area contributed by atoms with E-state index in [4.69, 9.17) is 0 Å². The fraction of sp³-hybridized carbons (Fsp3) is 0.882. The minimum atomic E-state index is -4.33. The molecule has 0 spiro atoms. The summed E-state index contributed by atoms with van der Waals surface area (Å²) in [6.45, 7) is 5.54. The third-order valence-corrected chi connectivity index (χ3v) is 10.7. The van der Waals surface area contributed by atoms with Crippen LogP contribution in [-0.2, 0) is 30.6 Å². The Kier molecular flexibility index (Phi) is 6.72. The first-order valence-corrected chi connectivity index (χ1v) is 13.1. The number of ketones is 2. The second kappa shape index (κ2) is 7.90. The molecule has 3 rings (SSSR count). The summed E-state index contributed by atoms with van der Waals surface area (Å²) in [7, 11) is -3.87. The van der Waals surface area contributed by atoms with E-state index in [1.54, 1.807) is 6.92 Å². The van der Waals surface area contributed by atoms with Gasteiger partial charge in [-0.2, -0.15) is 11.8 Å². The molecule has 25 heavy (non-hydrogen) atoms. The maximum absolute atomic E-state index is 11.8. The molecule has 2 saturated carbocycles. The highest BCUT2D eigenvalue weighted by atomic mass is 32.2. The molecule has 0 radical (unpaired) electrons. The standard InChI is InChI=1S/C10H16O4S.C7H13OS2/c1-9(2)7-3-4-10(9,8(11)5-7)6-15(12,13)14;1-7(8)6-10-4-2-9-3-5-10/h7H,3-6H2,1-2H3,(H,12,13,14);2-6H2,1H3/q;+1/p-1. The Morgan fingerprint density at radius 1 is 1.32 bits per heavy atom. The van der Waals surface area contributed by atoms with Gasteiger partial charge >= 0.3 is 0 Å². The van der Waals surface area contributed by atoms with E-state index >= 15 is 0 Å². The van der Waals surface area contributed by atoms with Crippen molar-refractivity contribution in [1.82, 2.24) is 0 Å². The predicted molar refractivity (Wildman–Crippen MR) is 103 cm³/mol. The van der Waals surface area contributed by atoms with E-state index in [1.807, 2.05) is 25.6 Å². The van der Waals surface area contributed by atoms with E-state index in [1.165, 1.54) is 23.0 Å². The largest absolute Gasteiger partial charge is 0.748 e. The van der Waals surface area contributed by atoms with Gasteiger partial charge in [0.25, 0.3) is 0 Å². The highest BCUT2D eigenvalue weighted by Crippen LogP contribution is 2.64. The van der Waals surface area contributed by atoms with Crippen LogP contribution >= 0.6 is 11.8 Å². The SMILES string of the molecule is CC(=O)C[S+]1CCSCC1.CC1(C)C2CCC1(CS(=O)(=O)[O-])C(=O)C2. The number of rotatable bonds is 4. The lowest BCUT2D eigenvalue weighted by Crippen LogP contribution is -2.42. The number of hydrogen-bond acceptors (Lipinski definition) is 6. The number of carbonyl (C=O) groups excluding carboxylic acids is 2. The van der Waals surface area contributed by atoms with Crippen LogP contribution in [0.4, 0.5) is 0 Å². The van der Waals surface area contributed by atoms with E-state index in [0.29, 0.717) is 29.5 Å². The molecular weight excluding hydrogens is 380 g/mol. The molecule has 1 saturated heterocycles. The van der Waals surface area contributed by atoms with Crippen molar-refractivity contribution in [2.24, 2.45) is 16.7 Å². The van der Waals surface area contributed by atoms with Crippen molar-refractivity contribution in [2.45, 2.75) is 40.0 Å². The zero-order chi connectivity index (χ0) is 18.9. The third-order valence-electron chi connectivity index (χ3n) is 6.00. The summed E-state index contributed by atoms with van der Waals surface area (Å²) in [6, 6.07) is 0. The summed E-state index contributed by atoms with van der Waals surface area (Å²) in [6.07, 6.45) is 1.88. The first-order valence-electron chi connectivity index (χ1n) is 8.66. The van der Waals surface area contributed by atoms with Crippen molar-refractivity contribution in [2.75, 3.05) is 34.5 Å². The molecule has 2 aliphatic carbocycles. The van der Waals surface area contributed by atoms with Gasteiger partial charge in [0, 0.05) is 23.3 Å².